The van der Waals surface area contributed by atoms with E-state index in [-0.39, 0.29) is 26.1 Å². The fraction of sp³-hybridized carbons (Fsp3) is 0.111. The highest BCUT2D eigenvalue weighted by Crippen LogP contribution is 2.35. The molecule has 0 aliphatic carbocycles. The molecule has 8 nitrogen and oxygen atoms in total. The van der Waals surface area contributed by atoms with Crippen LogP contribution in [0.2, 0.25) is 0 Å². The molecule has 11 heteroatoms. The highest BCUT2D eigenvalue weighted by atomic mass is 32.2. The molecule has 194 valence electrons. The first-order chi connectivity index (χ1) is 18.0. The van der Waals surface area contributed by atoms with Crippen LogP contribution in [0.25, 0.3) is 5.57 Å². The Hall–Kier alpha value is -3.85. The number of thioether (sulfide) groups is 1. The van der Waals surface area contributed by atoms with Gasteiger partial charge in [-0.15, -0.1) is 0 Å². The Morgan fingerprint density at radius 2 is 1.53 bits per heavy atom. The fourth-order valence-corrected chi connectivity index (χ4v) is 6.17. The Morgan fingerprint density at radius 3 is 2.18 bits per heavy atom. The van der Waals surface area contributed by atoms with E-state index in [2.05, 4.69) is 11.2 Å². The minimum Gasteiger partial charge on any atom is -0.379 e. The van der Waals surface area contributed by atoms with Crippen molar-refractivity contribution < 1.29 is 25.3 Å². The van der Waals surface area contributed by atoms with Gasteiger partial charge in [-0.05, 0) is 79.9 Å². The van der Waals surface area contributed by atoms with Crippen LogP contribution in [0.3, 0.4) is 0 Å². The second-order valence-corrected chi connectivity index (χ2v) is 12.5. The third kappa shape index (κ3) is 5.99. The summed E-state index contributed by atoms with van der Waals surface area (Å²) >= 11 is 1.11. The minimum absolute atomic E-state index is 0.0138. The standard InChI is InChI=1S/C27H22N2O6S3/c1-18-8-10-21(11-9-18)37(30,31)34-25-13-12-22(16-20(25)3)38(32,33)35-29-27-15-14-26(36-27)24(17-28)23-7-5-4-6-19(23)2/h4-16H,1-3H3. The molecule has 0 saturated carbocycles. The maximum Gasteiger partial charge on any atom is 0.358 e. The molecule has 0 fully saturated rings. The molecule has 1 heterocycles. The van der Waals surface area contributed by atoms with E-state index < -0.39 is 20.2 Å². The molecule has 0 atom stereocenters. The van der Waals surface area contributed by atoms with Gasteiger partial charge in [0.15, 0.2) is 0 Å². The zero-order chi connectivity index (χ0) is 27.5. The van der Waals surface area contributed by atoms with Gasteiger partial charge in [0.1, 0.15) is 26.7 Å². The van der Waals surface area contributed by atoms with Crippen molar-refractivity contribution >= 4 is 42.6 Å². The lowest BCUT2D eigenvalue weighted by molar-refractivity contribution is 0.340. The second kappa shape index (κ2) is 10.9. The maximum atomic E-state index is 12.7. The molecular formula is C27H22N2O6S3. The molecule has 0 saturated heterocycles. The molecule has 4 rings (SSSR count). The van der Waals surface area contributed by atoms with Crippen LogP contribution < -0.4 is 4.18 Å². The first-order valence-electron chi connectivity index (χ1n) is 11.2. The number of nitrogens with zero attached hydrogens (tertiary/aromatic N) is 2. The van der Waals surface area contributed by atoms with Crippen LogP contribution in [0.4, 0.5) is 0 Å². The number of allylic oxidation sites excluding steroid dienone is 2. The molecule has 0 bridgehead atoms. The second-order valence-electron chi connectivity index (χ2n) is 8.34. The van der Waals surface area contributed by atoms with Crippen LogP contribution in [0.1, 0.15) is 22.3 Å². The molecule has 0 amide bonds. The average molecular weight is 567 g/mol. The van der Waals surface area contributed by atoms with E-state index in [0.29, 0.717) is 10.5 Å². The van der Waals surface area contributed by atoms with Gasteiger partial charge in [0.25, 0.3) is 0 Å². The normalized spacial score (nSPS) is 15.8. The van der Waals surface area contributed by atoms with Gasteiger partial charge in [0, 0.05) is 4.91 Å². The predicted octanol–water partition coefficient (Wildman–Crippen LogP) is 5.64. The summed E-state index contributed by atoms with van der Waals surface area (Å²) in [4.78, 5) is 0.379. The molecule has 38 heavy (non-hydrogen) atoms. The molecule has 0 radical (unpaired) electrons. The van der Waals surface area contributed by atoms with Crippen LogP contribution in [0.5, 0.6) is 5.75 Å². The van der Waals surface area contributed by atoms with Gasteiger partial charge in [-0.25, -0.2) is 0 Å². The van der Waals surface area contributed by atoms with Gasteiger partial charge in [-0.1, -0.05) is 58.9 Å². The molecule has 0 spiro atoms. The predicted molar refractivity (Wildman–Crippen MR) is 146 cm³/mol. The summed E-state index contributed by atoms with van der Waals surface area (Å²) in [5.74, 6) is -0.0138. The van der Waals surface area contributed by atoms with Crippen LogP contribution in [0, 0.1) is 32.1 Å². The van der Waals surface area contributed by atoms with Crippen LogP contribution in [0.15, 0.2) is 98.7 Å². The molecule has 0 aromatic heterocycles. The Balaban J connectivity index is 1.50. The molecule has 1 aliphatic heterocycles. The lowest BCUT2D eigenvalue weighted by Gasteiger charge is -2.11. The van der Waals surface area contributed by atoms with E-state index in [1.54, 1.807) is 24.3 Å². The molecule has 0 N–H and O–H groups in total. The van der Waals surface area contributed by atoms with Gasteiger partial charge >= 0.3 is 20.2 Å². The van der Waals surface area contributed by atoms with Crippen LogP contribution in [-0.4, -0.2) is 21.9 Å². The van der Waals surface area contributed by atoms with Crippen molar-refractivity contribution in [1.29, 1.82) is 5.26 Å². The SMILES string of the molecule is Cc1ccc(S(=O)(=O)Oc2ccc(S(=O)(=O)ON=C3C=CC(=C(C#N)c4ccccc4C)S3)cc2C)cc1. The third-order valence-corrected chi connectivity index (χ3v) is 8.86. The monoisotopic (exact) mass is 566 g/mol. The van der Waals surface area contributed by atoms with Crippen molar-refractivity contribution in [3.63, 3.8) is 0 Å². The van der Waals surface area contributed by atoms with Crippen LogP contribution in [-0.2, 0) is 24.5 Å². The third-order valence-electron chi connectivity index (χ3n) is 5.53. The molecule has 3 aromatic rings. The van der Waals surface area contributed by atoms with Gasteiger partial charge in [-0.2, -0.15) is 22.1 Å². The smallest absolute Gasteiger partial charge is 0.358 e. The number of nitriles is 1. The number of benzene rings is 3. The van der Waals surface area contributed by atoms with Crippen molar-refractivity contribution in [2.24, 2.45) is 5.16 Å². The quantitative estimate of drug-likeness (QED) is 0.205. The van der Waals surface area contributed by atoms with E-state index in [1.165, 1.54) is 37.3 Å². The zero-order valence-electron chi connectivity index (χ0n) is 20.6. The number of aryl methyl sites for hydroxylation is 3. The van der Waals surface area contributed by atoms with Crippen molar-refractivity contribution in [3.8, 4) is 11.8 Å². The zero-order valence-corrected chi connectivity index (χ0v) is 23.0. The average Bonchev–Trinajstić information content (AvgIpc) is 3.34. The molecule has 3 aromatic carbocycles. The summed E-state index contributed by atoms with van der Waals surface area (Å²) in [5, 5.41) is 13.7. The van der Waals surface area contributed by atoms with Gasteiger partial charge in [0.2, 0.25) is 0 Å². The fourth-order valence-electron chi connectivity index (χ4n) is 3.48. The van der Waals surface area contributed by atoms with E-state index in [4.69, 9.17) is 8.47 Å². The minimum atomic E-state index is -4.31. The summed E-state index contributed by atoms with van der Waals surface area (Å²) in [5.41, 5.74) is 3.33. The summed E-state index contributed by atoms with van der Waals surface area (Å²) < 4.78 is 60.8. The van der Waals surface area contributed by atoms with Gasteiger partial charge < -0.3 is 4.18 Å². The van der Waals surface area contributed by atoms with Crippen molar-refractivity contribution in [2.75, 3.05) is 0 Å². The first-order valence-corrected chi connectivity index (χ1v) is 14.8. The topological polar surface area (TPSA) is 123 Å². The summed E-state index contributed by atoms with van der Waals surface area (Å²) in [6, 6.07) is 19.5. The summed E-state index contributed by atoms with van der Waals surface area (Å²) in [7, 11) is -8.41. The number of oxime groups is 1. The molecule has 0 unspecified atom stereocenters. The van der Waals surface area contributed by atoms with E-state index in [9.17, 15) is 22.1 Å². The van der Waals surface area contributed by atoms with E-state index in [0.717, 1.165) is 28.5 Å². The summed E-state index contributed by atoms with van der Waals surface area (Å²) in [6.07, 6.45) is 3.23. The van der Waals surface area contributed by atoms with E-state index in [1.807, 2.05) is 38.1 Å². The lowest BCUT2D eigenvalue weighted by atomic mass is 10.0. The Morgan fingerprint density at radius 1 is 0.842 bits per heavy atom. The molecule has 1 aliphatic rings. The van der Waals surface area contributed by atoms with E-state index >= 15 is 0 Å². The van der Waals surface area contributed by atoms with Gasteiger partial charge in [0.05, 0.1) is 5.57 Å². The van der Waals surface area contributed by atoms with Gasteiger partial charge in [-0.3, -0.25) is 4.28 Å². The van der Waals surface area contributed by atoms with Crippen molar-refractivity contribution in [1.82, 2.24) is 0 Å². The Kier molecular flexibility index (Phi) is 7.78. The lowest BCUT2D eigenvalue weighted by Crippen LogP contribution is -2.11. The first kappa shape index (κ1) is 27.2. The van der Waals surface area contributed by atoms with Crippen molar-refractivity contribution in [3.05, 3.63) is 106 Å². The number of rotatable bonds is 7. The number of hydrogen-bond acceptors (Lipinski definition) is 9. The van der Waals surface area contributed by atoms with Crippen LogP contribution >= 0.6 is 11.8 Å². The highest BCUT2D eigenvalue weighted by Gasteiger charge is 2.22. The highest BCUT2D eigenvalue weighted by molar-refractivity contribution is 8.18. The van der Waals surface area contributed by atoms with Crippen molar-refractivity contribution in [2.45, 2.75) is 30.6 Å². The Labute approximate surface area is 226 Å². The number of hydrogen-bond donors (Lipinski definition) is 0. The molecular weight excluding hydrogens is 545 g/mol. The largest absolute Gasteiger partial charge is 0.379 e. The summed E-state index contributed by atoms with van der Waals surface area (Å²) in [6.45, 7) is 5.25. The maximum absolute atomic E-state index is 12.7. The Bertz CT molecular complexity index is 1750.